The Labute approximate surface area is 96.4 Å². The van der Waals surface area contributed by atoms with E-state index in [0.29, 0.717) is 5.56 Å². The zero-order chi connectivity index (χ0) is 12.1. The topological polar surface area (TPSA) is 35.5 Å². The average molecular weight is 222 g/mol. The van der Waals surface area contributed by atoms with Crippen molar-refractivity contribution >= 4 is 5.78 Å². The van der Waals surface area contributed by atoms with Crippen molar-refractivity contribution in [3.63, 3.8) is 0 Å². The third-order valence-electron chi connectivity index (χ3n) is 2.28. The molecule has 0 atom stereocenters. The maximum atomic E-state index is 11.8. The van der Waals surface area contributed by atoms with Gasteiger partial charge in [0.25, 0.3) is 0 Å². The van der Waals surface area contributed by atoms with E-state index in [-0.39, 0.29) is 18.5 Å². The van der Waals surface area contributed by atoms with Gasteiger partial charge in [-0.3, -0.25) is 4.79 Å². The van der Waals surface area contributed by atoms with Crippen LogP contribution in [0.25, 0.3) is 0 Å². The van der Waals surface area contributed by atoms with E-state index in [2.05, 4.69) is 0 Å². The Kier molecular flexibility index (Phi) is 4.50. The number of hydrogen-bond donors (Lipinski definition) is 0. The maximum Gasteiger partial charge on any atom is 0.188 e. The molecule has 0 saturated heterocycles. The van der Waals surface area contributed by atoms with Gasteiger partial charge < -0.3 is 9.47 Å². The summed E-state index contributed by atoms with van der Waals surface area (Å²) in [7, 11) is 1.61. The van der Waals surface area contributed by atoms with Crippen LogP contribution in [0.3, 0.4) is 0 Å². The number of ketones is 1. The minimum absolute atomic E-state index is 0.00820. The van der Waals surface area contributed by atoms with Crippen LogP contribution < -0.4 is 4.74 Å². The number of benzene rings is 1. The van der Waals surface area contributed by atoms with Gasteiger partial charge in [0, 0.05) is 5.56 Å². The molecule has 0 aliphatic heterocycles. The minimum atomic E-state index is 0.00820. The number of methoxy groups -OCH3 is 1. The fourth-order valence-corrected chi connectivity index (χ4v) is 1.40. The van der Waals surface area contributed by atoms with Crippen molar-refractivity contribution in [2.24, 2.45) is 0 Å². The molecule has 1 aromatic carbocycles. The average Bonchev–Trinajstić information content (AvgIpc) is 2.25. The van der Waals surface area contributed by atoms with E-state index in [1.165, 1.54) is 0 Å². The van der Waals surface area contributed by atoms with Gasteiger partial charge in [-0.25, -0.2) is 0 Å². The number of Topliss-reactive ketones (excluding diaryl/α,β-unsaturated/α-hetero) is 1. The molecule has 3 heteroatoms. The first kappa shape index (κ1) is 12.7. The summed E-state index contributed by atoms with van der Waals surface area (Å²) >= 11 is 0. The molecule has 0 fully saturated rings. The highest BCUT2D eigenvalue weighted by Gasteiger charge is 2.10. The lowest BCUT2D eigenvalue weighted by molar-refractivity contribution is 0.0584. The molecule has 0 heterocycles. The molecule has 88 valence electrons. The molecule has 3 nitrogen and oxygen atoms in total. The van der Waals surface area contributed by atoms with Gasteiger partial charge in [0.2, 0.25) is 0 Å². The van der Waals surface area contributed by atoms with E-state index in [0.717, 1.165) is 11.3 Å². The van der Waals surface area contributed by atoms with Gasteiger partial charge >= 0.3 is 0 Å². The Hall–Kier alpha value is -1.35. The second-order valence-electron chi connectivity index (χ2n) is 3.96. The second kappa shape index (κ2) is 5.66. The highest BCUT2D eigenvalue weighted by Crippen LogP contribution is 2.17. The lowest BCUT2D eigenvalue weighted by Crippen LogP contribution is -2.14. The number of ether oxygens (including phenoxy) is 2. The van der Waals surface area contributed by atoms with Crippen LogP contribution in [0.2, 0.25) is 0 Å². The Morgan fingerprint density at radius 1 is 1.38 bits per heavy atom. The van der Waals surface area contributed by atoms with Crippen molar-refractivity contribution in [1.82, 2.24) is 0 Å². The van der Waals surface area contributed by atoms with Gasteiger partial charge in [-0.15, -0.1) is 0 Å². The van der Waals surface area contributed by atoms with Crippen LogP contribution in [0.5, 0.6) is 5.75 Å². The van der Waals surface area contributed by atoms with Gasteiger partial charge in [-0.1, -0.05) is 0 Å². The van der Waals surface area contributed by atoms with Crippen LogP contribution >= 0.6 is 0 Å². The molecule has 0 radical (unpaired) electrons. The molecule has 0 N–H and O–H groups in total. The van der Waals surface area contributed by atoms with Gasteiger partial charge in [-0.05, 0) is 44.5 Å². The van der Waals surface area contributed by atoms with E-state index in [1.807, 2.05) is 26.8 Å². The molecule has 16 heavy (non-hydrogen) atoms. The van der Waals surface area contributed by atoms with Crippen LogP contribution in [-0.4, -0.2) is 25.6 Å². The predicted molar refractivity (Wildman–Crippen MR) is 63.1 cm³/mol. The number of carbonyl (C=O) groups is 1. The fraction of sp³-hybridized carbons (Fsp3) is 0.462. The fourth-order valence-electron chi connectivity index (χ4n) is 1.40. The van der Waals surface area contributed by atoms with Crippen molar-refractivity contribution in [1.29, 1.82) is 0 Å². The van der Waals surface area contributed by atoms with Crippen molar-refractivity contribution in [2.75, 3.05) is 13.7 Å². The molecular formula is C13H18O3. The summed E-state index contributed by atoms with van der Waals surface area (Å²) in [6.07, 6.45) is 0.0718. The molecule has 1 rings (SSSR count). The first-order valence-electron chi connectivity index (χ1n) is 5.34. The Morgan fingerprint density at radius 3 is 2.56 bits per heavy atom. The number of carbonyl (C=O) groups excluding carboxylic acids is 1. The molecule has 0 spiro atoms. The molecule has 1 aromatic rings. The monoisotopic (exact) mass is 222 g/mol. The zero-order valence-electron chi connectivity index (χ0n) is 10.2. The lowest BCUT2D eigenvalue weighted by atomic mass is 10.0. The molecule has 0 aliphatic carbocycles. The maximum absolute atomic E-state index is 11.8. The summed E-state index contributed by atoms with van der Waals surface area (Å²) in [6.45, 7) is 5.85. The quantitative estimate of drug-likeness (QED) is 0.718. The van der Waals surface area contributed by atoms with E-state index in [4.69, 9.17) is 9.47 Å². The third kappa shape index (κ3) is 3.35. The highest BCUT2D eigenvalue weighted by atomic mass is 16.5. The summed E-state index contributed by atoms with van der Waals surface area (Å²) in [6, 6.07) is 5.42. The Bertz CT molecular complexity index is 369. The molecule has 0 amide bonds. The number of rotatable bonds is 5. The highest BCUT2D eigenvalue weighted by molar-refractivity contribution is 5.98. The van der Waals surface area contributed by atoms with Gasteiger partial charge in [-0.2, -0.15) is 0 Å². The van der Waals surface area contributed by atoms with Crippen molar-refractivity contribution in [2.45, 2.75) is 26.9 Å². The van der Waals surface area contributed by atoms with Crippen molar-refractivity contribution in [3.05, 3.63) is 29.3 Å². The number of hydrogen-bond acceptors (Lipinski definition) is 3. The zero-order valence-corrected chi connectivity index (χ0v) is 10.2. The first-order valence-corrected chi connectivity index (χ1v) is 5.34. The molecule has 0 bridgehead atoms. The lowest BCUT2D eigenvalue weighted by Gasteiger charge is -2.09. The molecule has 0 aromatic heterocycles. The Morgan fingerprint density at radius 2 is 2.06 bits per heavy atom. The summed E-state index contributed by atoms with van der Waals surface area (Å²) < 4.78 is 10.4. The van der Waals surface area contributed by atoms with Gasteiger partial charge in [0.1, 0.15) is 12.4 Å². The first-order chi connectivity index (χ1) is 7.54. The van der Waals surface area contributed by atoms with Crippen LogP contribution in [0.4, 0.5) is 0 Å². The largest absolute Gasteiger partial charge is 0.497 e. The third-order valence-corrected chi connectivity index (χ3v) is 2.28. The second-order valence-corrected chi connectivity index (χ2v) is 3.96. The van der Waals surface area contributed by atoms with Crippen LogP contribution in [0, 0.1) is 6.92 Å². The smallest absolute Gasteiger partial charge is 0.188 e. The normalized spacial score (nSPS) is 10.6. The SMILES string of the molecule is COc1ccc(C(=O)COC(C)C)c(C)c1. The van der Waals surface area contributed by atoms with Crippen molar-refractivity contribution in [3.8, 4) is 5.75 Å². The van der Waals surface area contributed by atoms with E-state index >= 15 is 0 Å². The molecule has 0 saturated carbocycles. The predicted octanol–water partition coefficient (Wildman–Crippen LogP) is 2.61. The van der Waals surface area contributed by atoms with E-state index in [9.17, 15) is 4.79 Å². The van der Waals surface area contributed by atoms with E-state index < -0.39 is 0 Å². The van der Waals surface area contributed by atoms with Crippen molar-refractivity contribution < 1.29 is 14.3 Å². The summed E-state index contributed by atoms with van der Waals surface area (Å²) in [5.74, 6) is 0.771. The van der Waals surface area contributed by atoms with Gasteiger partial charge in [0.15, 0.2) is 5.78 Å². The van der Waals surface area contributed by atoms with Gasteiger partial charge in [0.05, 0.1) is 13.2 Å². The molecule has 0 unspecified atom stereocenters. The number of aryl methyl sites for hydroxylation is 1. The molecular weight excluding hydrogens is 204 g/mol. The Balaban J connectivity index is 2.76. The minimum Gasteiger partial charge on any atom is -0.497 e. The summed E-state index contributed by atoms with van der Waals surface area (Å²) in [4.78, 5) is 11.8. The van der Waals surface area contributed by atoms with Crippen LogP contribution in [0.1, 0.15) is 29.8 Å². The van der Waals surface area contributed by atoms with Crippen LogP contribution in [0.15, 0.2) is 18.2 Å². The summed E-state index contributed by atoms with van der Waals surface area (Å²) in [5, 5.41) is 0. The summed E-state index contributed by atoms with van der Waals surface area (Å²) in [5.41, 5.74) is 1.61. The molecule has 0 aliphatic rings. The van der Waals surface area contributed by atoms with E-state index in [1.54, 1.807) is 19.2 Å². The standard InChI is InChI=1S/C13H18O3/c1-9(2)16-8-13(14)12-6-5-11(15-4)7-10(12)3/h5-7,9H,8H2,1-4H3. The van der Waals surface area contributed by atoms with Crippen LogP contribution in [-0.2, 0) is 4.74 Å².